The monoisotopic (exact) mass is 279 g/mol. The predicted molar refractivity (Wildman–Crippen MR) is 83.9 cm³/mol. The van der Waals surface area contributed by atoms with Crippen LogP contribution in [-0.4, -0.2) is 25.3 Å². The van der Waals surface area contributed by atoms with Gasteiger partial charge >= 0.3 is 0 Å². The van der Waals surface area contributed by atoms with Crippen molar-refractivity contribution in [3.8, 4) is 0 Å². The molecular formula is C18H33NO. The molecule has 0 heterocycles. The summed E-state index contributed by atoms with van der Waals surface area (Å²) >= 11 is 0. The van der Waals surface area contributed by atoms with E-state index in [1.54, 1.807) is 0 Å². The van der Waals surface area contributed by atoms with Crippen LogP contribution in [0, 0.1) is 11.3 Å². The second-order valence-corrected chi connectivity index (χ2v) is 7.48. The van der Waals surface area contributed by atoms with Crippen molar-refractivity contribution in [2.24, 2.45) is 11.3 Å². The van der Waals surface area contributed by atoms with E-state index >= 15 is 0 Å². The molecule has 0 radical (unpaired) electrons. The highest BCUT2D eigenvalue weighted by atomic mass is 16.5. The number of hydrogen-bond donors (Lipinski definition) is 1. The van der Waals surface area contributed by atoms with Crippen LogP contribution in [0.15, 0.2) is 0 Å². The van der Waals surface area contributed by atoms with Gasteiger partial charge in [0.25, 0.3) is 0 Å². The Balaban J connectivity index is 1.48. The van der Waals surface area contributed by atoms with Crippen molar-refractivity contribution in [2.45, 2.75) is 89.7 Å². The lowest BCUT2D eigenvalue weighted by molar-refractivity contribution is -0.155. The Morgan fingerprint density at radius 2 is 1.90 bits per heavy atom. The van der Waals surface area contributed by atoms with E-state index in [1.807, 2.05) is 0 Å². The van der Waals surface area contributed by atoms with Gasteiger partial charge in [0.1, 0.15) is 0 Å². The van der Waals surface area contributed by atoms with Gasteiger partial charge in [0, 0.05) is 18.1 Å². The molecule has 1 spiro atoms. The molecule has 3 aliphatic rings. The number of ether oxygens (including phenoxy) is 1. The van der Waals surface area contributed by atoms with E-state index in [2.05, 4.69) is 12.2 Å². The maximum Gasteiger partial charge on any atom is 0.0661 e. The number of rotatable bonds is 7. The molecule has 0 aromatic rings. The van der Waals surface area contributed by atoms with Crippen LogP contribution in [0.2, 0.25) is 0 Å². The number of hydrogen-bond acceptors (Lipinski definition) is 2. The van der Waals surface area contributed by atoms with E-state index < -0.39 is 0 Å². The van der Waals surface area contributed by atoms with Crippen molar-refractivity contribution in [2.75, 3.05) is 13.2 Å². The van der Waals surface area contributed by atoms with Gasteiger partial charge in [-0.15, -0.1) is 0 Å². The van der Waals surface area contributed by atoms with Crippen LogP contribution in [-0.2, 0) is 4.74 Å². The Morgan fingerprint density at radius 1 is 1.10 bits per heavy atom. The third-order valence-electron chi connectivity index (χ3n) is 6.28. The largest absolute Gasteiger partial charge is 0.378 e. The zero-order valence-electron chi connectivity index (χ0n) is 13.3. The zero-order chi connectivity index (χ0) is 13.8. The van der Waals surface area contributed by atoms with Gasteiger partial charge in [-0.1, -0.05) is 45.4 Å². The first kappa shape index (κ1) is 14.8. The fourth-order valence-corrected chi connectivity index (χ4v) is 4.63. The first-order chi connectivity index (χ1) is 9.85. The fourth-order valence-electron chi connectivity index (χ4n) is 4.63. The highest BCUT2D eigenvalue weighted by Crippen LogP contribution is 2.53. The molecule has 116 valence electrons. The van der Waals surface area contributed by atoms with Crippen LogP contribution >= 0.6 is 0 Å². The third-order valence-corrected chi connectivity index (χ3v) is 6.28. The average molecular weight is 279 g/mol. The summed E-state index contributed by atoms with van der Waals surface area (Å²) in [5.74, 6) is 0.992. The van der Waals surface area contributed by atoms with Gasteiger partial charge < -0.3 is 10.1 Å². The van der Waals surface area contributed by atoms with Crippen LogP contribution in [0.5, 0.6) is 0 Å². The Kier molecular flexibility index (Phi) is 5.04. The molecule has 0 aliphatic heterocycles. The van der Waals surface area contributed by atoms with Crippen LogP contribution in [0.4, 0.5) is 0 Å². The Bertz CT molecular complexity index is 294. The molecular weight excluding hydrogens is 246 g/mol. The third kappa shape index (κ3) is 2.92. The molecule has 0 bridgehead atoms. The van der Waals surface area contributed by atoms with Gasteiger partial charge in [-0.3, -0.25) is 0 Å². The first-order valence-electron chi connectivity index (χ1n) is 9.20. The lowest BCUT2D eigenvalue weighted by Gasteiger charge is -2.58. The van der Waals surface area contributed by atoms with Crippen molar-refractivity contribution in [1.82, 2.24) is 5.32 Å². The molecule has 2 heteroatoms. The SMILES string of the molecule is CCCNC1CC(OCCC2CCC2)C12CCCCC2. The second kappa shape index (κ2) is 6.79. The molecule has 2 unspecified atom stereocenters. The lowest BCUT2D eigenvalue weighted by atomic mass is 9.55. The smallest absolute Gasteiger partial charge is 0.0661 e. The van der Waals surface area contributed by atoms with E-state index in [9.17, 15) is 0 Å². The highest BCUT2D eigenvalue weighted by Gasteiger charge is 2.55. The van der Waals surface area contributed by atoms with E-state index in [-0.39, 0.29) is 0 Å². The molecule has 3 saturated carbocycles. The fraction of sp³-hybridized carbons (Fsp3) is 1.00. The standard InChI is InChI=1S/C18H33NO/c1-2-12-19-16-14-17(18(16)10-4-3-5-11-18)20-13-9-15-7-6-8-15/h15-17,19H,2-14H2,1H3. The molecule has 0 amide bonds. The Labute approximate surface area is 125 Å². The first-order valence-corrected chi connectivity index (χ1v) is 9.20. The maximum absolute atomic E-state index is 6.35. The van der Waals surface area contributed by atoms with Crippen LogP contribution in [0.1, 0.15) is 77.6 Å². The molecule has 20 heavy (non-hydrogen) atoms. The van der Waals surface area contributed by atoms with Gasteiger partial charge in [-0.25, -0.2) is 0 Å². The molecule has 1 N–H and O–H groups in total. The predicted octanol–water partition coefficient (Wildman–Crippen LogP) is 4.28. The topological polar surface area (TPSA) is 21.3 Å². The van der Waals surface area contributed by atoms with Crippen molar-refractivity contribution < 1.29 is 4.74 Å². The second-order valence-electron chi connectivity index (χ2n) is 7.48. The van der Waals surface area contributed by atoms with Crippen molar-refractivity contribution in [3.05, 3.63) is 0 Å². The van der Waals surface area contributed by atoms with Crippen LogP contribution in [0.25, 0.3) is 0 Å². The molecule has 2 nitrogen and oxygen atoms in total. The van der Waals surface area contributed by atoms with Gasteiger partial charge in [0.2, 0.25) is 0 Å². The summed E-state index contributed by atoms with van der Waals surface area (Å²) in [6, 6.07) is 0.747. The Morgan fingerprint density at radius 3 is 2.55 bits per heavy atom. The normalized spacial score (nSPS) is 32.9. The summed E-state index contributed by atoms with van der Waals surface area (Å²) < 4.78 is 6.35. The molecule has 0 saturated heterocycles. The summed E-state index contributed by atoms with van der Waals surface area (Å²) in [7, 11) is 0. The summed E-state index contributed by atoms with van der Waals surface area (Å²) in [4.78, 5) is 0. The van der Waals surface area contributed by atoms with Gasteiger partial charge in [0.15, 0.2) is 0 Å². The molecule has 2 atom stereocenters. The summed E-state index contributed by atoms with van der Waals surface area (Å²) in [5, 5.41) is 3.80. The van der Waals surface area contributed by atoms with Gasteiger partial charge in [-0.05, 0) is 44.6 Å². The van der Waals surface area contributed by atoms with Crippen molar-refractivity contribution in [1.29, 1.82) is 0 Å². The van der Waals surface area contributed by atoms with E-state index in [0.717, 1.165) is 18.6 Å². The minimum atomic E-state index is 0.507. The number of nitrogens with one attached hydrogen (secondary N) is 1. The Hall–Kier alpha value is -0.0800. The molecule has 0 aromatic carbocycles. The summed E-state index contributed by atoms with van der Waals surface area (Å²) in [6.07, 6.45) is 15.9. The van der Waals surface area contributed by atoms with E-state index in [1.165, 1.54) is 77.2 Å². The quantitative estimate of drug-likeness (QED) is 0.751. The van der Waals surface area contributed by atoms with Crippen molar-refractivity contribution >= 4 is 0 Å². The maximum atomic E-state index is 6.35. The summed E-state index contributed by atoms with van der Waals surface area (Å²) in [6.45, 7) is 4.48. The molecule has 3 rings (SSSR count). The summed E-state index contributed by atoms with van der Waals surface area (Å²) in [5.41, 5.74) is 0.507. The lowest BCUT2D eigenvalue weighted by Crippen LogP contribution is -2.64. The minimum Gasteiger partial charge on any atom is -0.378 e. The van der Waals surface area contributed by atoms with Gasteiger partial charge in [0.05, 0.1) is 6.10 Å². The molecule has 3 aliphatic carbocycles. The van der Waals surface area contributed by atoms with Crippen LogP contribution in [0.3, 0.4) is 0 Å². The van der Waals surface area contributed by atoms with Crippen molar-refractivity contribution in [3.63, 3.8) is 0 Å². The average Bonchev–Trinajstić information content (AvgIpc) is 2.44. The van der Waals surface area contributed by atoms with E-state index in [0.29, 0.717) is 11.5 Å². The van der Waals surface area contributed by atoms with E-state index in [4.69, 9.17) is 4.74 Å². The zero-order valence-corrected chi connectivity index (χ0v) is 13.3. The van der Waals surface area contributed by atoms with Crippen LogP contribution < -0.4 is 5.32 Å². The van der Waals surface area contributed by atoms with Gasteiger partial charge in [-0.2, -0.15) is 0 Å². The molecule has 3 fully saturated rings. The minimum absolute atomic E-state index is 0.507. The molecule has 0 aromatic heterocycles. The highest BCUT2D eigenvalue weighted by molar-refractivity contribution is 5.08.